The van der Waals surface area contributed by atoms with Crippen LogP contribution in [0.3, 0.4) is 0 Å². The molecule has 0 atom stereocenters. The molecule has 0 aliphatic rings. The van der Waals surface area contributed by atoms with Gasteiger partial charge in [-0.3, -0.25) is 4.68 Å². The zero-order chi connectivity index (χ0) is 16.7. The first-order chi connectivity index (χ1) is 11.7. The molecule has 0 aliphatic carbocycles. The van der Waals surface area contributed by atoms with E-state index in [9.17, 15) is 9.65 Å². The smallest absolute Gasteiger partial charge is 0.212 e. The number of halogens is 1. The minimum Gasteiger partial charge on any atom is -0.275 e. The van der Waals surface area contributed by atoms with Crippen molar-refractivity contribution in [3.8, 4) is 28.5 Å². The van der Waals surface area contributed by atoms with Gasteiger partial charge < -0.3 is 0 Å². The maximum absolute atomic E-state index is 13.2. The first-order valence-corrected chi connectivity index (χ1v) is 7.19. The Morgan fingerprint density at radius 1 is 1.17 bits per heavy atom. The van der Waals surface area contributed by atoms with Crippen molar-refractivity contribution in [2.24, 2.45) is 7.05 Å². The molecule has 0 fully saturated rings. The van der Waals surface area contributed by atoms with E-state index in [0.29, 0.717) is 16.6 Å². The number of aromatic nitrogens is 5. The fourth-order valence-electron chi connectivity index (χ4n) is 2.67. The topological polar surface area (TPSA) is 71.8 Å². The molecule has 4 heterocycles. The van der Waals surface area contributed by atoms with E-state index in [1.54, 1.807) is 15.3 Å². The highest BCUT2D eigenvalue weighted by atomic mass is 19.1. The Labute approximate surface area is 136 Å². The lowest BCUT2D eigenvalue weighted by Gasteiger charge is -2.08. The maximum atomic E-state index is 13.2. The molecule has 0 spiro atoms. The van der Waals surface area contributed by atoms with Crippen molar-refractivity contribution in [1.82, 2.24) is 24.4 Å². The predicted molar refractivity (Wildman–Crippen MR) is 85.3 cm³/mol. The monoisotopic (exact) mass is 318 g/mol. The van der Waals surface area contributed by atoms with Gasteiger partial charge in [0.15, 0.2) is 0 Å². The summed E-state index contributed by atoms with van der Waals surface area (Å²) in [5.74, 6) is -0.551. The number of fused-ring (bicyclic) bond motifs is 1. The average Bonchev–Trinajstić information content (AvgIpc) is 3.20. The zero-order valence-electron chi connectivity index (χ0n) is 12.7. The molecular formula is C17H11FN6. The van der Waals surface area contributed by atoms with E-state index >= 15 is 0 Å². The van der Waals surface area contributed by atoms with Gasteiger partial charge in [0.2, 0.25) is 5.95 Å². The second kappa shape index (κ2) is 5.28. The fourth-order valence-corrected chi connectivity index (χ4v) is 2.67. The molecule has 4 aromatic heterocycles. The normalized spacial score (nSPS) is 10.9. The van der Waals surface area contributed by atoms with Gasteiger partial charge in [-0.25, -0.2) is 9.50 Å². The summed E-state index contributed by atoms with van der Waals surface area (Å²) in [7, 11) is 1.84. The van der Waals surface area contributed by atoms with E-state index in [1.165, 1.54) is 18.5 Å². The molecule has 0 bridgehead atoms. The van der Waals surface area contributed by atoms with Crippen LogP contribution < -0.4 is 0 Å². The van der Waals surface area contributed by atoms with Crippen molar-refractivity contribution >= 4 is 5.52 Å². The minimum atomic E-state index is -0.551. The number of nitrogens with zero attached hydrogens (tertiary/aromatic N) is 6. The van der Waals surface area contributed by atoms with Crippen LogP contribution in [-0.4, -0.2) is 24.4 Å². The van der Waals surface area contributed by atoms with Gasteiger partial charge in [-0.1, -0.05) is 0 Å². The van der Waals surface area contributed by atoms with Gasteiger partial charge in [0.1, 0.15) is 6.07 Å². The van der Waals surface area contributed by atoms with Gasteiger partial charge in [0.25, 0.3) is 0 Å². The number of hydrogen-bond donors (Lipinski definition) is 0. The lowest BCUT2D eigenvalue weighted by molar-refractivity contribution is 0.584. The molecule has 4 aromatic rings. The van der Waals surface area contributed by atoms with Gasteiger partial charge in [-0.15, -0.1) is 0 Å². The highest BCUT2D eigenvalue weighted by molar-refractivity contribution is 5.86. The number of rotatable bonds is 2. The number of hydrogen-bond acceptors (Lipinski definition) is 4. The van der Waals surface area contributed by atoms with Crippen molar-refractivity contribution in [3.63, 3.8) is 0 Å². The molecule has 24 heavy (non-hydrogen) atoms. The molecule has 6 nitrogen and oxygen atoms in total. The Hall–Kier alpha value is -3.53. The zero-order valence-corrected chi connectivity index (χ0v) is 12.7. The number of aryl methyl sites for hydroxylation is 1. The number of nitriles is 1. The second-order valence-corrected chi connectivity index (χ2v) is 5.35. The Balaban J connectivity index is 2.02. The highest BCUT2D eigenvalue weighted by Crippen LogP contribution is 2.31. The van der Waals surface area contributed by atoms with Gasteiger partial charge >= 0.3 is 0 Å². The van der Waals surface area contributed by atoms with Crippen molar-refractivity contribution in [3.05, 3.63) is 60.6 Å². The Bertz CT molecular complexity index is 1080. The summed E-state index contributed by atoms with van der Waals surface area (Å²) in [5, 5.41) is 18.0. The van der Waals surface area contributed by atoms with Gasteiger partial charge in [-0.05, 0) is 24.3 Å². The van der Waals surface area contributed by atoms with E-state index in [4.69, 9.17) is 0 Å². The molecule has 116 valence electrons. The highest BCUT2D eigenvalue weighted by Gasteiger charge is 2.14. The van der Waals surface area contributed by atoms with Crippen molar-refractivity contribution < 1.29 is 4.39 Å². The Kier molecular flexibility index (Phi) is 3.10. The number of pyridine rings is 2. The van der Waals surface area contributed by atoms with E-state index in [-0.39, 0.29) is 0 Å². The van der Waals surface area contributed by atoms with E-state index in [2.05, 4.69) is 21.3 Å². The lowest BCUT2D eigenvalue weighted by atomic mass is 10.0. The van der Waals surface area contributed by atoms with Crippen LogP contribution in [0.15, 0.2) is 49.1 Å². The van der Waals surface area contributed by atoms with Crippen molar-refractivity contribution in [1.29, 1.82) is 5.26 Å². The van der Waals surface area contributed by atoms with Crippen LogP contribution in [0.1, 0.15) is 5.56 Å². The standard InChI is InChI=1S/C17H11FN6/c1-23-5-4-15(22-23)12-6-14(11-2-3-16(18)20-8-11)17-13(7-19)9-21-24(17)10-12/h2-6,8-10H,1H3. The average molecular weight is 318 g/mol. The predicted octanol–water partition coefficient (Wildman–Crippen LogP) is 2.81. The molecule has 0 saturated heterocycles. The van der Waals surface area contributed by atoms with Crippen LogP contribution in [0, 0.1) is 17.3 Å². The second-order valence-electron chi connectivity index (χ2n) is 5.35. The van der Waals surface area contributed by atoms with Gasteiger partial charge in [-0.2, -0.15) is 19.8 Å². The lowest BCUT2D eigenvalue weighted by Crippen LogP contribution is -1.95. The molecule has 0 unspecified atom stereocenters. The molecule has 4 rings (SSSR count). The van der Waals surface area contributed by atoms with Crippen LogP contribution in [0.2, 0.25) is 0 Å². The molecular weight excluding hydrogens is 307 g/mol. The third-order valence-corrected chi connectivity index (χ3v) is 3.78. The van der Waals surface area contributed by atoms with Crippen LogP contribution in [0.5, 0.6) is 0 Å². The SMILES string of the molecule is Cn1ccc(-c2cc(-c3ccc(F)nc3)c3c(C#N)cnn3c2)n1. The summed E-state index contributed by atoms with van der Waals surface area (Å²) >= 11 is 0. The summed E-state index contributed by atoms with van der Waals surface area (Å²) in [6.07, 6.45) is 6.63. The summed E-state index contributed by atoms with van der Waals surface area (Å²) in [6.45, 7) is 0. The summed E-state index contributed by atoms with van der Waals surface area (Å²) < 4.78 is 16.5. The van der Waals surface area contributed by atoms with Crippen molar-refractivity contribution in [2.75, 3.05) is 0 Å². The van der Waals surface area contributed by atoms with Crippen LogP contribution in [0.25, 0.3) is 27.9 Å². The fraction of sp³-hybridized carbons (Fsp3) is 0.0588. The first kappa shape index (κ1) is 14.1. The maximum Gasteiger partial charge on any atom is 0.212 e. The van der Waals surface area contributed by atoms with Crippen LogP contribution in [-0.2, 0) is 7.05 Å². The molecule has 0 amide bonds. The van der Waals surface area contributed by atoms with Crippen molar-refractivity contribution in [2.45, 2.75) is 0 Å². The third kappa shape index (κ3) is 2.21. The third-order valence-electron chi connectivity index (χ3n) is 3.78. The molecule has 0 aromatic carbocycles. The quantitative estimate of drug-likeness (QED) is 0.533. The van der Waals surface area contributed by atoms with E-state index < -0.39 is 5.95 Å². The molecule has 0 saturated carbocycles. The first-order valence-electron chi connectivity index (χ1n) is 7.19. The Morgan fingerprint density at radius 2 is 2.04 bits per heavy atom. The summed E-state index contributed by atoms with van der Waals surface area (Å²) in [5.41, 5.74) is 4.18. The van der Waals surface area contributed by atoms with E-state index in [1.807, 2.05) is 31.6 Å². The molecule has 7 heteroatoms. The van der Waals surface area contributed by atoms with E-state index in [0.717, 1.165) is 16.8 Å². The summed E-state index contributed by atoms with van der Waals surface area (Å²) in [6, 6.07) is 8.87. The summed E-state index contributed by atoms with van der Waals surface area (Å²) in [4.78, 5) is 3.71. The van der Waals surface area contributed by atoms with Crippen LogP contribution >= 0.6 is 0 Å². The molecule has 0 radical (unpaired) electrons. The largest absolute Gasteiger partial charge is 0.275 e. The Morgan fingerprint density at radius 3 is 2.71 bits per heavy atom. The minimum absolute atomic E-state index is 0.446. The van der Waals surface area contributed by atoms with Gasteiger partial charge in [0, 0.05) is 42.3 Å². The molecule has 0 aliphatic heterocycles. The van der Waals surface area contributed by atoms with Crippen LogP contribution in [0.4, 0.5) is 4.39 Å². The van der Waals surface area contributed by atoms with Gasteiger partial charge in [0.05, 0.1) is 23.0 Å². The molecule has 0 N–H and O–H groups in total.